The predicted octanol–water partition coefficient (Wildman–Crippen LogP) is 4.41. The summed E-state index contributed by atoms with van der Waals surface area (Å²) in [7, 11) is 0. The molecule has 2 aromatic rings. The number of aryl methyl sites for hydroxylation is 1. The van der Waals surface area contributed by atoms with E-state index < -0.39 is 0 Å². The van der Waals surface area contributed by atoms with Crippen molar-refractivity contribution in [1.82, 2.24) is 0 Å². The number of carbonyl (C=O) groups is 1. The molecule has 0 radical (unpaired) electrons. The highest BCUT2D eigenvalue weighted by Gasteiger charge is 2.27. The highest BCUT2D eigenvalue weighted by atomic mass is 32.2. The smallest absolute Gasteiger partial charge is 0.165 e. The Hall–Kier alpha value is -1.54. The largest absolute Gasteiger partial charge is 0.294 e. The summed E-state index contributed by atoms with van der Waals surface area (Å²) in [6, 6.07) is 16.4. The Morgan fingerprint density at radius 3 is 2.61 bits per heavy atom. The van der Waals surface area contributed by atoms with Crippen LogP contribution in [0.5, 0.6) is 0 Å². The van der Waals surface area contributed by atoms with Gasteiger partial charge in [-0.3, -0.25) is 4.79 Å². The number of hydrogen-bond donors (Lipinski definition) is 0. The van der Waals surface area contributed by atoms with Gasteiger partial charge in [-0.2, -0.15) is 0 Å². The minimum atomic E-state index is 0.257. The lowest BCUT2D eigenvalue weighted by Gasteiger charge is -2.24. The van der Waals surface area contributed by atoms with E-state index >= 15 is 0 Å². The molecule has 0 saturated heterocycles. The van der Waals surface area contributed by atoms with Crippen LogP contribution in [0.1, 0.15) is 33.2 Å². The van der Waals surface area contributed by atoms with Crippen molar-refractivity contribution in [3.8, 4) is 0 Å². The van der Waals surface area contributed by atoms with E-state index in [2.05, 4.69) is 18.2 Å². The van der Waals surface area contributed by atoms with Crippen molar-refractivity contribution in [2.24, 2.45) is 0 Å². The fraction of sp³-hybridized carbons (Fsp3) is 0.188. The molecule has 3 rings (SSSR count). The van der Waals surface area contributed by atoms with Crippen LogP contribution in [0.25, 0.3) is 0 Å². The van der Waals surface area contributed by atoms with Gasteiger partial charge in [0.25, 0.3) is 0 Å². The molecule has 90 valence electrons. The molecule has 1 aliphatic heterocycles. The Labute approximate surface area is 111 Å². The van der Waals surface area contributed by atoms with E-state index in [1.54, 1.807) is 0 Å². The third-order valence-electron chi connectivity index (χ3n) is 3.32. The Balaban J connectivity index is 2.00. The molecular formula is C16H14OS. The Kier molecular flexibility index (Phi) is 2.96. The summed E-state index contributed by atoms with van der Waals surface area (Å²) in [6.07, 6.45) is 0.604. The quantitative estimate of drug-likeness (QED) is 0.749. The summed E-state index contributed by atoms with van der Waals surface area (Å²) in [6.45, 7) is 2.01. The summed E-state index contributed by atoms with van der Waals surface area (Å²) < 4.78 is 0. The van der Waals surface area contributed by atoms with Gasteiger partial charge in [0.05, 0.1) is 0 Å². The lowest BCUT2D eigenvalue weighted by atomic mass is 9.98. The molecule has 1 nitrogen and oxygen atoms in total. The summed E-state index contributed by atoms with van der Waals surface area (Å²) in [5.74, 6) is 0.274. The highest BCUT2D eigenvalue weighted by molar-refractivity contribution is 7.99. The molecule has 2 aromatic carbocycles. The molecule has 0 fully saturated rings. The second-order valence-corrected chi connectivity index (χ2v) is 5.84. The van der Waals surface area contributed by atoms with Crippen LogP contribution in [0.15, 0.2) is 53.4 Å². The number of fused-ring (bicyclic) bond motifs is 1. The molecule has 0 N–H and O–H groups in total. The summed E-state index contributed by atoms with van der Waals surface area (Å²) >= 11 is 1.81. The number of thioether (sulfide) groups is 1. The number of benzene rings is 2. The molecule has 1 unspecified atom stereocenters. The van der Waals surface area contributed by atoms with Gasteiger partial charge >= 0.3 is 0 Å². The van der Waals surface area contributed by atoms with Crippen LogP contribution in [0, 0.1) is 6.92 Å². The van der Waals surface area contributed by atoms with Crippen LogP contribution in [-0.4, -0.2) is 5.78 Å². The average molecular weight is 254 g/mol. The van der Waals surface area contributed by atoms with Gasteiger partial charge in [-0.25, -0.2) is 0 Å². The van der Waals surface area contributed by atoms with Crippen LogP contribution >= 0.6 is 11.8 Å². The third-order valence-corrected chi connectivity index (χ3v) is 4.64. The third kappa shape index (κ3) is 1.97. The molecule has 18 heavy (non-hydrogen) atoms. The van der Waals surface area contributed by atoms with Gasteiger partial charge < -0.3 is 0 Å². The van der Waals surface area contributed by atoms with Crippen LogP contribution in [0.4, 0.5) is 0 Å². The Morgan fingerprint density at radius 1 is 1.06 bits per heavy atom. The molecule has 0 amide bonds. The van der Waals surface area contributed by atoms with E-state index in [1.807, 2.05) is 49.0 Å². The van der Waals surface area contributed by atoms with Crippen molar-refractivity contribution >= 4 is 17.5 Å². The molecule has 2 heteroatoms. The van der Waals surface area contributed by atoms with Gasteiger partial charge in [0.2, 0.25) is 0 Å². The van der Waals surface area contributed by atoms with E-state index in [4.69, 9.17) is 0 Å². The van der Waals surface area contributed by atoms with Crippen molar-refractivity contribution in [2.75, 3.05) is 0 Å². The topological polar surface area (TPSA) is 17.1 Å². The summed E-state index contributed by atoms with van der Waals surface area (Å²) in [5.41, 5.74) is 3.26. The van der Waals surface area contributed by atoms with Crippen LogP contribution in [0.2, 0.25) is 0 Å². The van der Waals surface area contributed by atoms with Gasteiger partial charge in [-0.1, -0.05) is 42.5 Å². The molecule has 1 atom stereocenters. The zero-order valence-electron chi connectivity index (χ0n) is 10.2. The number of carbonyl (C=O) groups excluding carboxylic acids is 1. The van der Waals surface area contributed by atoms with E-state index in [0.29, 0.717) is 6.42 Å². The van der Waals surface area contributed by atoms with Crippen LogP contribution in [0.3, 0.4) is 0 Å². The minimum absolute atomic E-state index is 0.257. The van der Waals surface area contributed by atoms with Crippen LogP contribution < -0.4 is 0 Å². The van der Waals surface area contributed by atoms with Gasteiger partial charge in [-0.15, -0.1) is 11.8 Å². The zero-order chi connectivity index (χ0) is 12.5. The van der Waals surface area contributed by atoms with Gasteiger partial charge in [0, 0.05) is 22.1 Å². The number of ketones is 1. The molecule has 0 bridgehead atoms. The standard InChI is InChI=1S/C16H14OS/c1-11-6-5-9-14-16(11)13(17)10-15(18-14)12-7-3-2-4-8-12/h2-9,15H,10H2,1H3. The van der Waals surface area contributed by atoms with Gasteiger partial charge in [-0.05, 0) is 24.1 Å². The normalized spacial score (nSPS) is 18.5. The maximum atomic E-state index is 12.3. The van der Waals surface area contributed by atoms with Crippen molar-refractivity contribution in [2.45, 2.75) is 23.5 Å². The SMILES string of the molecule is Cc1cccc2c1C(=O)CC(c1ccccc1)S2. The average Bonchev–Trinajstić information content (AvgIpc) is 2.39. The van der Waals surface area contributed by atoms with E-state index in [-0.39, 0.29) is 11.0 Å². The number of Topliss-reactive ketones (excluding diaryl/α,β-unsaturated/α-hetero) is 1. The van der Waals surface area contributed by atoms with E-state index in [9.17, 15) is 4.79 Å². The predicted molar refractivity (Wildman–Crippen MR) is 75.2 cm³/mol. The molecule has 0 aliphatic carbocycles. The number of rotatable bonds is 1. The summed E-state index contributed by atoms with van der Waals surface area (Å²) in [5, 5.41) is 0.257. The monoisotopic (exact) mass is 254 g/mol. The first kappa shape index (κ1) is 11.5. The fourth-order valence-corrected chi connectivity index (χ4v) is 3.80. The van der Waals surface area contributed by atoms with Crippen molar-refractivity contribution in [3.05, 3.63) is 65.2 Å². The van der Waals surface area contributed by atoms with E-state index in [0.717, 1.165) is 16.0 Å². The molecule has 0 aromatic heterocycles. The zero-order valence-corrected chi connectivity index (χ0v) is 11.0. The highest BCUT2D eigenvalue weighted by Crippen LogP contribution is 2.45. The molecule has 0 saturated carbocycles. The van der Waals surface area contributed by atoms with Crippen LogP contribution in [-0.2, 0) is 0 Å². The first-order valence-corrected chi connectivity index (χ1v) is 6.98. The Bertz CT molecular complexity index is 589. The minimum Gasteiger partial charge on any atom is -0.294 e. The Morgan fingerprint density at radius 2 is 1.83 bits per heavy atom. The van der Waals surface area contributed by atoms with E-state index in [1.165, 1.54) is 5.56 Å². The maximum Gasteiger partial charge on any atom is 0.165 e. The first-order valence-electron chi connectivity index (χ1n) is 6.10. The fourth-order valence-electron chi connectivity index (χ4n) is 2.42. The molecule has 1 heterocycles. The van der Waals surface area contributed by atoms with Crippen molar-refractivity contribution in [3.63, 3.8) is 0 Å². The molecular weight excluding hydrogens is 240 g/mol. The maximum absolute atomic E-state index is 12.3. The first-order chi connectivity index (χ1) is 8.75. The second kappa shape index (κ2) is 4.62. The van der Waals surface area contributed by atoms with Crippen molar-refractivity contribution in [1.29, 1.82) is 0 Å². The number of hydrogen-bond acceptors (Lipinski definition) is 2. The lowest BCUT2D eigenvalue weighted by molar-refractivity contribution is 0.0976. The van der Waals surface area contributed by atoms with Gasteiger partial charge in [0.1, 0.15) is 0 Å². The lowest BCUT2D eigenvalue weighted by Crippen LogP contribution is -2.13. The second-order valence-electron chi connectivity index (χ2n) is 4.59. The summed E-state index contributed by atoms with van der Waals surface area (Å²) in [4.78, 5) is 13.4. The molecule has 0 spiro atoms. The van der Waals surface area contributed by atoms with Crippen molar-refractivity contribution < 1.29 is 4.79 Å². The van der Waals surface area contributed by atoms with Gasteiger partial charge in [0.15, 0.2) is 5.78 Å². The molecule has 1 aliphatic rings.